The van der Waals surface area contributed by atoms with E-state index in [9.17, 15) is 27.6 Å². The smallest absolute Gasteiger partial charge is 0.467 e. The lowest BCUT2D eigenvalue weighted by atomic mass is 10.0. The van der Waals surface area contributed by atoms with Gasteiger partial charge in [-0.1, -0.05) is 42.5 Å². The molecule has 3 aromatic rings. The molecule has 4 rings (SSSR count). The molecule has 2 heterocycles. The van der Waals surface area contributed by atoms with Crippen LogP contribution in [0.25, 0.3) is 10.8 Å². The third kappa shape index (κ3) is 6.79. The van der Waals surface area contributed by atoms with Gasteiger partial charge in [-0.05, 0) is 36.1 Å². The number of aromatic nitrogens is 2. The van der Waals surface area contributed by atoms with Gasteiger partial charge in [0, 0.05) is 31.9 Å². The van der Waals surface area contributed by atoms with Gasteiger partial charge in [0.1, 0.15) is 6.04 Å². The number of carbonyl (C=O) groups is 3. The van der Waals surface area contributed by atoms with Gasteiger partial charge in [-0.2, -0.15) is 0 Å². The van der Waals surface area contributed by atoms with E-state index in [1.54, 1.807) is 16.0 Å². The average Bonchev–Trinajstić information content (AvgIpc) is 3.59. The lowest BCUT2D eigenvalue weighted by molar-refractivity contribution is -0.251. The lowest BCUT2D eigenvalue weighted by Crippen LogP contribution is -2.55. The van der Waals surface area contributed by atoms with Gasteiger partial charge in [-0.25, -0.2) is 14.7 Å². The molecule has 1 aliphatic heterocycles. The van der Waals surface area contributed by atoms with Crippen LogP contribution >= 0.6 is 0 Å². The Balaban J connectivity index is 1.60. The number of likely N-dealkylation sites (tertiary alicyclic amines) is 1. The number of aromatic amines is 1. The molecule has 1 aromatic heterocycles. The number of methoxy groups -OCH3 is 1. The molecule has 0 unspecified atom stereocenters. The van der Waals surface area contributed by atoms with Crippen molar-refractivity contribution in [2.45, 2.75) is 51.1 Å². The zero-order chi connectivity index (χ0) is 28.9. The van der Waals surface area contributed by atoms with E-state index in [0.717, 1.165) is 36.8 Å². The number of fused-ring (bicyclic) bond motifs is 1. The first-order valence-electron chi connectivity index (χ1n) is 13.0. The van der Waals surface area contributed by atoms with Crippen molar-refractivity contribution in [3.63, 3.8) is 0 Å². The molecular formula is C28H32F3N5O4. The number of amides is 2. The van der Waals surface area contributed by atoms with E-state index in [1.165, 1.54) is 6.33 Å². The molecule has 0 radical (unpaired) electrons. The number of benzene rings is 2. The van der Waals surface area contributed by atoms with Gasteiger partial charge in [0.2, 0.25) is 11.8 Å². The Morgan fingerprint density at radius 2 is 1.93 bits per heavy atom. The Morgan fingerprint density at radius 3 is 2.62 bits per heavy atom. The zero-order valence-electron chi connectivity index (χ0n) is 22.4. The summed E-state index contributed by atoms with van der Waals surface area (Å²) < 4.78 is 46.4. The highest BCUT2D eigenvalue weighted by atomic mass is 19.4. The number of alkyl halides is 3. The summed E-state index contributed by atoms with van der Waals surface area (Å²) in [5.74, 6) is -2.59. The summed E-state index contributed by atoms with van der Waals surface area (Å²) in [6.07, 6.45) is -0.476. The van der Waals surface area contributed by atoms with E-state index in [-0.39, 0.29) is 36.4 Å². The molecule has 0 spiro atoms. The molecule has 2 aromatic carbocycles. The number of imidazole rings is 1. The summed E-state index contributed by atoms with van der Waals surface area (Å²) in [5.41, 5.74) is 1.42. The average molecular weight is 560 g/mol. The molecule has 40 heavy (non-hydrogen) atoms. The van der Waals surface area contributed by atoms with Crippen molar-refractivity contribution in [1.29, 1.82) is 0 Å². The summed E-state index contributed by atoms with van der Waals surface area (Å²) in [4.78, 5) is 48.1. The van der Waals surface area contributed by atoms with Gasteiger partial charge < -0.3 is 14.6 Å². The molecule has 2 atom stereocenters. The van der Waals surface area contributed by atoms with Gasteiger partial charge in [0.25, 0.3) is 0 Å². The highest BCUT2D eigenvalue weighted by Crippen LogP contribution is 2.27. The van der Waals surface area contributed by atoms with Gasteiger partial charge >= 0.3 is 12.3 Å². The highest BCUT2D eigenvalue weighted by molar-refractivity contribution is 5.87. The van der Waals surface area contributed by atoms with Crippen molar-refractivity contribution in [1.82, 2.24) is 24.7 Å². The fourth-order valence-corrected chi connectivity index (χ4v) is 5.27. The Morgan fingerprint density at radius 1 is 1.18 bits per heavy atom. The predicted octanol–water partition coefficient (Wildman–Crippen LogP) is 3.51. The Bertz CT molecular complexity index is 1330. The number of halogens is 3. The maximum absolute atomic E-state index is 14.0. The van der Waals surface area contributed by atoms with E-state index in [1.807, 2.05) is 42.5 Å². The van der Waals surface area contributed by atoms with Crippen molar-refractivity contribution in [3.05, 3.63) is 66.2 Å². The monoisotopic (exact) mass is 559 g/mol. The van der Waals surface area contributed by atoms with Crippen LogP contribution in [0.4, 0.5) is 13.2 Å². The first-order chi connectivity index (χ1) is 19.1. The molecular weight excluding hydrogens is 527 g/mol. The Labute approximate surface area is 229 Å². The summed E-state index contributed by atoms with van der Waals surface area (Å²) in [5, 5.41) is 1.87. The van der Waals surface area contributed by atoms with E-state index in [0.29, 0.717) is 18.7 Å². The van der Waals surface area contributed by atoms with Crippen LogP contribution in [0.15, 0.2) is 55.0 Å². The second-order valence-electron chi connectivity index (χ2n) is 9.86. The number of ether oxygens (including phenoxy) is 1. The number of hydrogen-bond acceptors (Lipinski definition) is 6. The number of carbonyl (C=O) groups excluding carboxylic acids is 3. The van der Waals surface area contributed by atoms with Crippen LogP contribution in [0.5, 0.6) is 0 Å². The fourth-order valence-electron chi connectivity index (χ4n) is 5.27. The first kappa shape index (κ1) is 29.1. The number of nitrogens with one attached hydrogen (secondary N) is 1. The normalized spacial score (nSPS) is 16.4. The molecule has 12 heteroatoms. The number of hydrogen-bond donors (Lipinski definition) is 1. The molecule has 0 bridgehead atoms. The van der Waals surface area contributed by atoms with Crippen LogP contribution in [0, 0.1) is 0 Å². The molecule has 1 N–H and O–H groups in total. The molecule has 2 amide bonds. The largest absolute Gasteiger partial charge is 0.487 e. The Hall–Kier alpha value is -3.93. The van der Waals surface area contributed by atoms with Gasteiger partial charge in [0.05, 0.1) is 32.1 Å². The van der Waals surface area contributed by atoms with Crippen LogP contribution in [-0.2, 0) is 32.1 Å². The van der Waals surface area contributed by atoms with Crippen LogP contribution in [0.2, 0.25) is 0 Å². The Kier molecular flexibility index (Phi) is 9.08. The second-order valence-corrected chi connectivity index (χ2v) is 9.86. The minimum Gasteiger partial charge on any atom is -0.467 e. The second kappa shape index (κ2) is 12.5. The SMILES string of the molecule is COC(=O)[C@H](C)N(C(=O)CN(Cc1cccc2ccccc12)C[C@@H]1CCCN1C(=O)Cc1c[nH]cn1)C(F)(F)F. The third-order valence-corrected chi connectivity index (χ3v) is 7.16. The van der Waals surface area contributed by atoms with E-state index in [2.05, 4.69) is 14.7 Å². The molecule has 214 valence electrons. The van der Waals surface area contributed by atoms with Crippen LogP contribution in [0.1, 0.15) is 31.0 Å². The maximum Gasteiger partial charge on any atom is 0.487 e. The molecule has 0 saturated carbocycles. The van der Waals surface area contributed by atoms with Crippen molar-refractivity contribution < 1.29 is 32.3 Å². The molecule has 1 saturated heterocycles. The fraction of sp³-hybridized carbons (Fsp3) is 0.429. The summed E-state index contributed by atoms with van der Waals surface area (Å²) >= 11 is 0. The molecule has 1 fully saturated rings. The number of rotatable bonds is 10. The van der Waals surface area contributed by atoms with Gasteiger partial charge in [-0.3, -0.25) is 14.5 Å². The minimum absolute atomic E-state index is 0.0980. The number of nitrogens with zero attached hydrogens (tertiary/aromatic N) is 4. The van der Waals surface area contributed by atoms with Crippen molar-refractivity contribution >= 4 is 28.6 Å². The maximum atomic E-state index is 14.0. The van der Waals surface area contributed by atoms with Gasteiger partial charge in [0.15, 0.2) is 0 Å². The quantitative estimate of drug-likeness (QED) is 0.302. The molecule has 1 aliphatic rings. The topological polar surface area (TPSA) is 98.8 Å². The van der Waals surface area contributed by atoms with Crippen molar-refractivity contribution in [2.75, 3.05) is 26.7 Å². The first-order valence-corrected chi connectivity index (χ1v) is 13.0. The van der Waals surface area contributed by atoms with E-state index >= 15 is 0 Å². The number of H-pyrrole nitrogens is 1. The van der Waals surface area contributed by atoms with Gasteiger partial charge in [-0.15, -0.1) is 13.2 Å². The van der Waals surface area contributed by atoms with Crippen LogP contribution in [-0.4, -0.2) is 87.6 Å². The van der Waals surface area contributed by atoms with E-state index in [4.69, 9.17) is 0 Å². The standard InChI is InChI=1S/C28H32F3N5O4/c1-19(27(39)40-2)36(28(29,30)31)26(38)17-34(15-21-9-5-8-20-7-3-4-11-24(20)21)16-23-10-6-12-35(23)25(37)13-22-14-32-18-33-22/h3-5,7-9,11,14,18-19,23H,6,10,12-13,15-17H2,1-2H3,(H,32,33)/t19-,23-/m0/s1. The zero-order valence-corrected chi connectivity index (χ0v) is 22.4. The van der Waals surface area contributed by atoms with Crippen LogP contribution < -0.4 is 0 Å². The van der Waals surface area contributed by atoms with Crippen LogP contribution in [0.3, 0.4) is 0 Å². The van der Waals surface area contributed by atoms with Crippen molar-refractivity contribution in [2.24, 2.45) is 0 Å². The predicted molar refractivity (Wildman–Crippen MR) is 141 cm³/mol. The minimum atomic E-state index is -5.09. The number of esters is 1. The van der Waals surface area contributed by atoms with E-state index < -0.39 is 30.8 Å². The third-order valence-electron chi connectivity index (χ3n) is 7.16. The van der Waals surface area contributed by atoms with Crippen molar-refractivity contribution in [3.8, 4) is 0 Å². The highest BCUT2D eigenvalue weighted by Gasteiger charge is 2.47. The molecule has 9 nitrogen and oxygen atoms in total. The summed E-state index contributed by atoms with van der Waals surface area (Å²) in [7, 11) is 0.972. The molecule has 0 aliphatic carbocycles. The summed E-state index contributed by atoms with van der Waals surface area (Å²) in [6, 6.07) is 11.1. The lowest BCUT2D eigenvalue weighted by Gasteiger charge is -2.34. The summed E-state index contributed by atoms with van der Waals surface area (Å²) in [6.45, 7) is 1.24.